The second-order valence-corrected chi connectivity index (χ2v) is 12.2. The Kier molecular flexibility index (Phi) is 4.16. The fourth-order valence-electron chi connectivity index (χ4n) is 6.78. The Hall–Kier alpha value is -7.11. The lowest BCUT2D eigenvalue weighted by Crippen LogP contribution is -2.00. The third-order valence-electron chi connectivity index (χ3n) is 9.19. The van der Waals surface area contributed by atoms with Crippen molar-refractivity contribution in [2.24, 2.45) is 0 Å². The van der Waals surface area contributed by atoms with E-state index in [0.29, 0.717) is 33.2 Å². The van der Waals surface area contributed by atoms with Crippen LogP contribution in [-0.4, -0.2) is 15.0 Å². The van der Waals surface area contributed by atoms with E-state index >= 15 is 0 Å². The molecule has 0 amide bonds. The van der Waals surface area contributed by atoms with Crippen LogP contribution in [0.5, 0.6) is 0 Å². The molecule has 0 fully saturated rings. The zero-order valence-corrected chi connectivity index (χ0v) is 26.8. The van der Waals surface area contributed by atoms with Crippen molar-refractivity contribution in [1.29, 1.82) is 0 Å². The Morgan fingerprint density at radius 3 is 2.06 bits per heavy atom. The summed E-state index contributed by atoms with van der Waals surface area (Å²) >= 11 is 0. The van der Waals surface area contributed by atoms with Crippen molar-refractivity contribution in [2.45, 2.75) is 0 Å². The predicted octanol–water partition coefficient (Wildman–Crippen LogP) is 12.6. The second-order valence-electron chi connectivity index (χ2n) is 12.2. The minimum absolute atomic E-state index is 0.00309. The molecule has 52 heavy (non-hydrogen) atoms. The van der Waals surface area contributed by atoms with Crippen molar-refractivity contribution in [2.75, 3.05) is 0 Å². The largest absolute Gasteiger partial charge is 0.456 e. The standard InChI is InChI=1S/C47H27N3O2/c1-2-11-30(12-3-1)45-48-46(32-23-22-29-21-20-28-10-4-5-13-33(28)38(29)27-32)50-47(49-45)37-17-9-19-42-43(37)39-26-31(24-25-41(39)51-42)34-15-8-16-36-35-14-6-7-18-40(35)52-44(34)36/h1-27H/i4D,5D,10D,13D,17D,19D,20D,21D,22D,23D,24D,25D. The smallest absolute Gasteiger partial charge is 0.164 e. The Labute approximate surface area is 314 Å². The topological polar surface area (TPSA) is 65.0 Å². The first-order valence-electron chi connectivity index (χ1n) is 22.4. The minimum atomic E-state index is -0.582. The van der Waals surface area contributed by atoms with E-state index < -0.39 is 48.3 Å². The molecule has 242 valence electrons. The van der Waals surface area contributed by atoms with Gasteiger partial charge in [0, 0.05) is 43.8 Å². The fourth-order valence-corrected chi connectivity index (χ4v) is 6.78. The molecule has 0 aliphatic rings. The van der Waals surface area contributed by atoms with Gasteiger partial charge in [-0.15, -0.1) is 0 Å². The summed E-state index contributed by atoms with van der Waals surface area (Å²) in [5, 5.41) is 1.76. The summed E-state index contributed by atoms with van der Waals surface area (Å²) in [6.07, 6.45) is 0. The highest BCUT2D eigenvalue weighted by atomic mass is 16.3. The molecule has 0 spiro atoms. The van der Waals surface area contributed by atoms with Gasteiger partial charge in [0.25, 0.3) is 0 Å². The van der Waals surface area contributed by atoms with Crippen molar-refractivity contribution in [3.63, 3.8) is 0 Å². The number of rotatable bonds is 4. The molecule has 0 atom stereocenters. The number of aromatic nitrogens is 3. The molecule has 0 saturated carbocycles. The van der Waals surface area contributed by atoms with E-state index in [1.807, 2.05) is 36.4 Å². The van der Waals surface area contributed by atoms with E-state index in [4.69, 9.17) is 34.8 Å². The summed E-state index contributed by atoms with van der Waals surface area (Å²) in [6, 6.07) is 21.4. The van der Waals surface area contributed by atoms with Crippen LogP contribution in [0, 0.1) is 0 Å². The first-order chi connectivity index (χ1) is 30.7. The molecule has 11 rings (SSSR count). The Morgan fingerprint density at radius 1 is 0.404 bits per heavy atom. The molecular formula is C47H27N3O2. The molecule has 0 bridgehead atoms. The molecular weight excluding hydrogens is 639 g/mol. The van der Waals surface area contributed by atoms with E-state index in [-0.39, 0.29) is 90.9 Å². The zero-order chi connectivity index (χ0) is 44.6. The summed E-state index contributed by atoms with van der Waals surface area (Å²) in [5.41, 5.74) is 2.59. The highest BCUT2D eigenvalue weighted by molar-refractivity contribution is 6.15. The highest BCUT2D eigenvalue weighted by Gasteiger charge is 2.20. The summed E-state index contributed by atoms with van der Waals surface area (Å²) in [4.78, 5) is 14.4. The average molecular weight is 678 g/mol. The summed E-state index contributed by atoms with van der Waals surface area (Å²) in [6.45, 7) is 0. The average Bonchev–Trinajstić information content (AvgIpc) is 3.88. The van der Waals surface area contributed by atoms with E-state index in [2.05, 4.69) is 0 Å². The maximum absolute atomic E-state index is 9.34. The Balaban J connectivity index is 1.23. The zero-order valence-electron chi connectivity index (χ0n) is 38.8. The lowest BCUT2D eigenvalue weighted by atomic mass is 9.98. The van der Waals surface area contributed by atoms with Gasteiger partial charge in [-0.05, 0) is 57.4 Å². The SMILES string of the molecule is [2H]c1cc([2H])c2oc3c([2H])c([2H])c(-c4cccc5c4oc4ccccc45)cc3c2c1-c1nc(-c2ccccc2)nc(-c2cc3c(c([2H])c2[2H])c([2H])c([2H])c2c([2H])c([2H])c([2H])c([2H])c23)n1. The van der Waals surface area contributed by atoms with Gasteiger partial charge in [-0.2, -0.15) is 0 Å². The maximum Gasteiger partial charge on any atom is 0.164 e. The van der Waals surface area contributed by atoms with E-state index in [0.717, 1.165) is 10.8 Å². The monoisotopic (exact) mass is 677 g/mol. The number of para-hydroxylation sites is 2. The Bertz CT molecular complexity index is 3890. The van der Waals surface area contributed by atoms with Crippen LogP contribution >= 0.6 is 0 Å². The lowest BCUT2D eigenvalue weighted by molar-refractivity contribution is 0.668. The summed E-state index contributed by atoms with van der Waals surface area (Å²) in [7, 11) is 0. The molecule has 0 aliphatic heterocycles. The summed E-state index contributed by atoms with van der Waals surface area (Å²) in [5.74, 6) is -0.144. The van der Waals surface area contributed by atoms with Gasteiger partial charge in [0.2, 0.25) is 0 Å². The van der Waals surface area contributed by atoms with Gasteiger partial charge in [-0.1, -0.05) is 133 Å². The fraction of sp³-hybridized carbons (Fsp3) is 0. The van der Waals surface area contributed by atoms with Gasteiger partial charge in [0.1, 0.15) is 22.3 Å². The van der Waals surface area contributed by atoms with Crippen molar-refractivity contribution in [3.8, 4) is 45.3 Å². The first kappa shape index (κ1) is 19.3. The molecule has 5 nitrogen and oxygen atoms in total. The number of hydrogen-bond donors (Lipinski definition) is 0. The van der Waals surface area contributed by atoms with Crippen LogP contribution in [0.4, 0.5) is 0 Å². The van der Waals surface area contributed by atoms with Gasteiger partial charge < -0.3 is 8.83 Å². The molecule has 3 heterocycles. The maximum atomic E-state index is 9.34. The second kappa shape index (κ2) is 11.2. The normalized spacial score (nSPS) is 15.1. The van der Waals surface area contributed by atoms with Crippen molar-refractivity contribution in [1.82, 2.24) is 15.0 Å². The van der Waals surface area contributed by atoms with Crippen LogP contribution in [0.15, 0.2) is 172 Å². The van der Waals surface area contributed by atoms with E-state index in [1.54, 1.807) is 42.5 Å². The minimum Gasteiger partial charge on any atom is -0.456 e. The number of nitrogens with zero attached hydrogens (tertiary/aromatic N) is 3. The number of benzene rings is 8. The molecule has 0 unspecified atom stereocenters. The third-order valence-corrected chi connectivity index (χ3v) is 9.19. The van der Waals surface area contributed by atoms with Crippen LogP contribution in [0.2, 0.25) is 0 Å². The molecule has 0 saturated heterocycles. The van der Waals surface area contributed by atoms with Crippen LogP contribution in [0.25, 0.3) is 111 Å². The molecule has 0 N–H and O–H groups in total. The molecule has 11 aromatic rings. The van der Waals surface area contributed by atoms with E-state index in [1.165, 1.54) is 12.1 Å². The number of fused-ring (bicyclic) bond motifs is 9. The van der Waals surface area contributed by atoms with Gasteiger partial charge in [0.05, 0.1) is 16.4 Å². The summed E-state index contributed by atoms with van der Waals surface area (Å²) < 4.78 is 119. The van der Waals surface area contributed by atoms with Gasteiger partial charge in [-0.3, -0.25) is 0 Å². The first-order valence-corrected chi connectivity index (χ1v) is 16.4. The van der Waals surface area contributed by atoms with Crippen LogP contribution in [-0.2, 0) is 0 Å². The number of furan rings is 2. The highest BCUT2D eigenvalue weighted by Crippen LogP contribution is 2.41. The van der Waals surface area contributed by atoms with Crippen molar-refractivity contribution < 1.29 is 25.3 Å². The third kappa shape index (κ3) is 4.46. The van der Waals surface area contributed by atoms with Gasteiger partial charge in [-0.25, -0.2) is 15.0 Å². The van der Waals surface area contributed by atoms with Crippen molar-refractivity contribution in [3.05, 3.63) is 164 Å². The van der Waals surface area contributed by atoms with Gasteiger partial charge in [0.15, 0.2) is 17.5 Å². The van der Waals surface area contributed by atoms with E-state index in [9.17, 15) is 5.48 Å². The van der Waals surface area contributed by atoms with Gasteiger partial charge >= 0.3 is 0 Å². The van der Waals surface area contributed by atoms with Crippen LogP contribution in [0.3, 0.4) is 0 Å². The molecule has 0 radical (unpaired) electrons. The van der Waals surface area contributed by atoms with Crippen LogP contribution < -0.4 is 0 Å². The predicted molar refractivity (Wildman–Crippen MR) is 211 cm³/mol. The quantitative estimate of drug-likeness (QED) is 0.173. The molecule has 0 aliphatic carbocycles. The number of hydrogen-bond acceptors (Lipinski definition) is 5. The lowest BCUT2D eigenvalue weighted by Gasteiger charge is -2.11. The molecule has 8 aromatic carbocycles. The van der Waals surface area contributed by atoms with Crippen molar-refractivity contribution >= 4 is 65.4 Å². The molecule has 5 heteroatoms. The molecule has 3 aromatic heterocycles. The Morgan fingerprint density at radius 2 is 1.13 bits per heavy atom. The van der Waals surface area contributed by atoms with Crippen LogP contribution in [0.1, 0.15) is 16.4 Å².